The van der Waals surface area contributed by atoms with Crippen LogP contribution in [0.4, 0.5) is 21.5 Å². The Hall–Kier alpha value is -2.75. The summed E-state index contributed by atoms with van der Waals surface area (Å²) in [6.07, 6.45) is 0. The van der Waals surface area contributed by atoms with Gasteiger partial charge < -0.3 is 15.8 Å². The largest absolute Gasteiger partial charge is 0.494 e. The van der Waals surface area contributed by atoms with E-state index in [1.165, 1.54) is 13.2 Å². The molecular formula is C17H15FN2O. The molecule has 0 saturated carbocycles. The summed E-state index contributed by atoms with van der Waals surface area (Å²) >= 11 is 0. The number of halogens is 1. The highest BCUT2D eigenvalue weighted by Crippen LogP contribution is 2.31. The van der Waals surface area contributed by atoms with Crippen LogP contribution in [0.25, 0.3) is 10.8 Å². The van der Waals surface area contributed by atoms with Crippen molar-refractivity contribution in [2.75, 3.05) is 18.2 Å². The zero-order valence-corrected chi connectivity index (χ0v) is 11.6. The molecule has 0 radical (unpaired) electrons. The monoisotopic (exact) mass is 282 g/mol. The minimum atomic E-state index is -0.473. The molecule has 0 aliphatic rings. The highest BCUT2D eigenvalue weighted by atomic mass is 19.1. The number of methoxy groups -OCH3 is 1. The van der Waals surface area contributed by atoms with Gasteiger partial charge in [-0.05, 0) is 22.9 Å². The van der Waals surface area contributed by atoms with E-state index in [9.17, 15) is 4.39 Å². The first-order chi connectivity index (χ1) is 10.2. The van der Waals surface area contributed by atoms with Gasteiger partial charge in [0.2, 0.25) is 0 Å². The Balaban J connectivity index is 1.98. The van der Waals surface area contributed by atoms with Gasteiger partial charge in [0.05, 0.1) is 18.5 Å². The predicted octanol–water partition coefficient (Wildman–Crippen LogP) is 4.31. The fourth-order valence-corrected chi connectivity index (χ4v) is 2.26. The number of anilines is 3. The van der Waals surface area contributed by atoms with Crippen molar-refractivity contribution >= 4 is 27.8 Å². The molecule has 21 heavy (non-hydrogen) atoms. The van der Waals surface area contributed by atoms with Gasteiger partial charge in [-0.25, -0.2) is 4.39 Å². The molecule has 0 aliphatic heterocycles. The molecular weight excluding hydrogens is 267 g/mol. The van der Waals surface area contributed by atoms with Crippen molar-refractivity contribution in [2.24, 2.45) is 0 Å². The van der Waals surface area contributed by atoms with E-state index < -0.39 is 5.82 Å². The van der Waals surface area contributed by atoms with Gasteiger partial charge in [0.25, 0.3) is 0 Å². The number of hydrogen-bond donors (Lipinski definition) is 2. The quantitative estimate of drug-likeness (QED) is 0.703. The van der Waals surface area contributed by atoms with Crippen LogP contribution in [0.3, 0.4) is 0 Å². The van der Waals surface area contributed by atoms with E-state index in [-0.39, 0.29) is 5.75 Å². The third kappa shape index (κ3) is 2.60. The van der Waals surface area contributed by atoms with Crippen LogP contribution in [0.5, 0.6) is 5.75 Å². The summed E-state index contributed by atoms with van der Waals surface area (Å²) in [5, 5.41) is 5.48. The Morgan fingerprint density at radius 3 is 2.52 bits per heavy atom. The van der Waals surface area contributed by atoms with Crippen molar-refractivity contribution in [3.8, 4) is 5.75 Å². The number of nitrogens with two attached hydrogens (primary N) is 1. The highest BCUT2D eigenvalue weighted by Gasteiger charge is 2.08. The zero-order chi connectivity index (χ0) is 14.8. The number of benzene rings is 3. The molecule has 3 aromatic carbocycles. The SMILES string of the molecule is COc1cc(Nc2ccc3ccccc3c2)c(N)cc1F. The molecule has 3 N–H and O–H groups in total. The second-order valence-corrected chi connectivity index (χ2v) is 4.76. The number of fused-ring (bicyclic) bond motifs is 1. The van der Waals surface area contributed by atoms with E-state index in [2.05, 4.69) is 5.32 Å². The summed E-state index contributed by atoms with van der Waals surface area (Å²) < 4.78 is 18.5. The normalized spacial score (nSPS) is 10.6. The van der Waals surface area contributed by atoms with Crippen LogP contribution in [0.1, 0.15) is 0 Å². The van der Waals surface area contributed by atoms with Gasteiger partial charge in [0, 0.05) is 17.8 Å². The Bertz CT molecular complexity index is 802. The van der Waals surface area contributed by atoms with E-state index in [4.69, 9.17) is 10.5 Å². The first-order valence-electron chi connectivity index (χ1n) is 6.56. The van der Waals surface area contributed by atoms with Gasteiger partial charge in [0.15, 0.2) is 11.6 Å². The molecule has 0 amide bonds. The van der Waals surface area contributed by atoms with Crippen molar-refractivity contribution in [1.29, 1.82) is 0 Å². The number of rotatable bonds is 3. The molecule has 106 valence electrons. The molecule has 0 atom stereocenters. The fraction of sp³-hybridized carbons (Fsp3) is 0.0588. The molecule has 0 fully saturated rings. The minimum Gasteiger partial charge on any atom is -0.494 e. The van der Waals surface area contributed by atoms with Gasteiger partial charge in [0.1, 0.15) is 0 Å². The maximum atomic E-state index is 13.5. The lowest BCUT2D eigenvalue weighted by atomic mass is 10.1. The van der Waals surface area contributed by atoms with Crippen LogP contribution in [-0.4, -0.2) is 7.11 Å². The third-order valence-electron chi connectivity index (χ3n) is 3.35. The number of ether oxygens (including phenoxy) is 1. The van der Waals surface area contributed by atoms with E-state index in [0.717, 1.165) is 16.5 Å². The predicted molar refractivity (Wildman–Crippen MR) is 84.6 cm³/mol. The van der Waals surface area contributed by atoms with Gasteiger partial charge in [-0.3, -0.25) is 0 Å². The average Bonchev–Trinajstić information content (AvgIpc) is 2.50. The molecule has 4 heteroatoms. The van der Waals surface area contributed by atoms with Crippen molar-refractivity contribution in [3.05, 3.63) is 60.4 Å². The second-order valence-electron chi connectivity index (χ2n) is 4.76. The highest BCUT2D eigenvalue weighted by molar-refractivity contribution is 5.87. The second kappa shape index (κ2) is 5.32. The molecule has 3 aromatic rings. The number of nitrogen functional groups attached to an aromatic ring is 1. The lowest BCUT2D eigenvalue weighted by Crippen LogP contribution is -1.99. The Labute approximate surface area is 122 Å². The van der Waals surface area contributed by atoms with Crippen LogP contribution in [-0.2, 0) is 0 Å². The summed E-state index contributed by atoms with van der Waals surface area (Å²) in [5.41, 5.74) is 7.68. The smallest absolute Gasteiger partial charge is 0.167 e. The van der Waals surface area contributed by atoms with Crippen LogP contribution < -0.4 is 15.8 Å². The molecule has 0 spiro atoms. The van der Waals surface area contributed by atoms with E-state index in [0.29, 0.717) is 11.4 Å². The van der Waals surface area contributed by atoms with Gasteiger partial charge in [-0.2, -0.15) is 0 Å². The lowest BCUT2D eigenvalue weighted by Gasteiger charge is -2.12. The summed E-state index contributed by atoms with van der Waals surface area (Å²) in [7, 11) is 1.43. The average molecular weight is 282 g/mol. The lowest BCUT2D eigenvalue weighted by molar-refractivity contribution is 0.387. The van der Waals surface area contributed by atoms with Crippen LogP contribution >= 0.6 is 0 Å². The standard InChI is InChI=1S/C17H15FN2O/c1-21-17-10-16(15(19)9-14(17)18)20-13-7-6-11-4-2-3-5-12(11)8-13/h2-10,20H,19H2,1H3. The minimum absolute atomic E-state index is 0.160. The van der Waals surface area contributed by atoms with Crippen LogP contribution in [0.2, 0.25) is 0 Å². The molecule has 0 aromatic heterocycles. The molecule has 0 aliphatic carbocycles. The maximum Gasteiger partial charge on any atom is 0.167 e. The van der Waals surface area contributed by atoms with E-state index in [1.807, 2.05) is 42.5 Å². The van der Waals surface area contributed by atoms with Crippen molar-refractivity contribution < 1.29 is 9.13 Å². The first kappa shape index (κ1) is 13.2. The number of nitrogens with one attached hydrogen (secondary N) is 1. The van der Waals surface area contributed by atoms with Crippen LogP contribution in [0.15, 0.2) is 54.6 Å². The molecule has 3 nitrogen and oxygen atoms in total. The van der Waals surface area contributed by atoms with Gasteiger partial charge in [-0.1, -0.05) is 30.3 Å². The van der Waals surface area contributed by atoms with Crippen molar-refractivity contribution in [1.82, 2.24) is 0 Å². The maximum absolute atomic E-state index is 13.5. The summed E-state index contributed by atoms with van der Waals surface area (Å²) in [6, 6.07) is 16.9. The summed E-state index contributed by atoms with van der Waals surface area (Å²) in [5.74, 6) is -0.313. The van der Waals surface area contributed by atoms with Gasteiger partial charge >= 0.3 is 0 Å². The number of hydrogen-bond acceptors (Lipinski definition) is 3. The zero-order valence-electron chi connectivity index (χ0n) is 11.6. The molecule has 0 heterocycles. The molecule has 0 saturated heterocycles. The Morgan fingerprint density at radius 1 is 1.00 bits per heavy atom. The Morgan fingerprint density at radius 2 is 1.76 bits per heavy atom. The van der Waals surface area contributed by atoms with Crippen molar-refractivity contribution in [3.63, 3.8) is 0 Å². The first-order valence-corrected chi connectivity index (χ1v) is 6.56. The molecule has 3 rings (SSSR count). The fourth-order valence-electron chi connectivity index (χ4n) is 2.26. The van der Waals surface area contributed by atoms with Crippen molar-refractivity contribution in [2.45, 2.75) is 0 Å². The third-order valence-corrected chi connectivity index (χ3v) is 3.35. The van der Waals surface area contributed by atoms with Crippen LogP contribution in [0, 0.1) is 5.82 Å². The van der Waals surface area contributed by atoms with E-state index in [1.54, 1.807) is 6.07 Å². The van der Waals surface area contributed by atoms with Gasteiger partial charge in [-0.15, -0.1) is 0 Å². The Kier molecular flexibility index (Phi) is 3.36. The summed E-state index contributed by atoms with van der Waals surface area (Å²) in [6.45, 7) is 0. The van der Waals surface area contributed by atoms with E-state index >= 15 is 0 Å². The summed E-state index contributed by atoms with van der Waals surface area (Å²) in [4.78, 5) is 0. The topological polar surface area (TPSA) is 47.3 Å². The molecule has 0 unspecified atom stereocenters. The molecule has 0 bridgehead atoms.